The van der Waals surface area contributed by atoms with Gasteiger partial charge in [-0.15, -0.1) is 0 Å². The largest absolute Gasteiger partial charge is 0.357 e. The molecule has 25 heavy (non-hydrogen) atoms. The predicted molar refractivity (Wildman–Crippen MR) is 104 cm³/mol. The minimum Gasteiger partial charge on any atom is -0.357 e. The Labute approximate surface area is 151 Å². The number of nitrogens with one attached hydrogen (secondary N) is 2. The summed E-state index contributed by atoms with van der Waals surface area (Å²) in [5, 5.41) is 6.70. The third kappa shape index (κ3) is 5.21. The van der Waals surface area contributed by atoms with Crippen LogP contribution in [-0.4, -0.2) is 44.0 Å². The molecular weight excluding hydrogens is 312 g/mol. The zero-order valence-corrected chi connectivity index (χ0v) is 16.1. The molecule has 0 atom stereocenters. The Kier molecular flexibility index (Phi) is 6.85. The van der Waals surface area contributed by atoms with Gasteiger partial charge >= 0.3 is 0 Å². The van der Waals surface area contributed by atoms with Gasteiger partial charge in [-0.2, -0.15) is 0 Å². The topological polar surface area (TPSA) is 56.7 Å². The number of hydrogen-bond donors (Lipinski definition) is 2. The van der Waals surface area contributed by atoms with E-state index in [9.17, 15) is 4.79 Å². The first-order valence-electron chi connectivity index (χ1n) is 9.26. The molecule has 0 heterocycles. The Bertz CT molecular complexity index is 586. The monoisotopic (exact) mass is 344 g/mol. The zero-order valence-electron chi connectivity index (χ0n) is 16.1. The third-order valence-electron chi connectivity index (χ3n) is 4.90. The highest BCUT2D eigenvalue weighted by Crippen LogP contribution is 2.38. The summed E-state index contributed by atoms with van der Waals surface area (Å²) in [6, 6.07) is 8.43. The van der Waals surface area contributed by atoms with Crippen molar-refractivity contribution in [2.24, 2.45) is 10.4 Å². The second-order valence-electron chi connectivity index (χ2n) is 7.22. The smallest absolute Gasteiger partial charge is 0.230 e. The van der Waals surface area contributed by atoms with Gasteiger partial charge in [0, 0.05) is 27.2 Å². The van der Waals surface area contributed by atoms with Crippen molar-refractivity contribution in [3.8, 4) is 0 Å². The summed E-state index contributed by atoms with van der Waals surface area (Å²) < 4.78 is 0. The first kappa shape index (κ1) is 19.3. The van der Waals surface area contributed by atoms with Gasteiger partial charge in [-0.05, 0) is 32.3 Å². The number of hydrogen-bond acceptors (Lipinski definition) is 2. The van der Waals surface area contributed by atoms with Crippen LogP contribution in [0.1, 0.15) is 43.7 Å². The number of carbonyl (C=O) groups excluding carboxylic acids is 1. The van der Waals surface area contributed by atoms with E-state index in [4.69, 9.17) is 0 Å². The van der Waals surface area contributed by atoms with Gasteiger partial charge in [0.15, 0.2) is 5.96 Å². The summed E-state index contributed by atoms with van der Waals surface area (Å²) in [5.74, 6) is 1.01. The Morgan fingerprint density at radius 3 is 2.36 bits per heavy atom. The highest BCUT2D eigenvalue weighted by atomic mass is 16.2. The van der Waals surface area contributed by atoms with Gasteiger partial charge in [0.1, 0.15) is 0 Å². The lowest BCUT2D eigenvalue weighted by atomic mass is 9.84. The SMILES string of the molecule is CCNC(=NCc1ccc(C)cc1)NCC1(C(=O)N(C)C)CCCC1. The third-order valence-corrected chi connectivity index (χ3v) is 4.90. The van der Waals surface area contributed by atoms with Crippen molar-refractivity contribution in [2.75, 3.05) is 27.2 Å². The molecule has 0 radical (unpaired) electrons. The maximum Gasteiger partial charge on any atom is 0.230 e. The van der Waals surface area contributed by atoms with Gasteiger partial charge in [-0.1, -0.05) is 42.7 Å². The molecule has 0 aromatic heterocycles. The van der Waals surface area contributed by atoms with Crippen LogP contribution in [0.3, 0.4) is 0 Å². The van der Waals surface area contributed by atoms with E-state index in [1.54, 1.807) is 4.90 Å². The molecule has 2 N–H and O–H groups in total. The van der Waals surface area contributed by atoms with Crippen molar-refractivity contribution in [3.63, 3.8) is 0 Å². The molecule has 5 nitrogen and oxygen atoms in total. The molecule has 0 bridgehead atoms. The molecule has 0 unspecified atom stereocenters. The summed E-state index contributed by atoms with van der Waals surface area (Å²) >= 11 is 0. The Morgan fingerprint density at radius 2 is 1.80 bits per heavy atom. The minimum atomic E-state index is -0.288. The van der Waals surface area contributed by atoms with Gasteiger partial charge in [0.2, 0.25) is 5.91 Å². The van der Waals surface area contributed by atoms with E-state index in [0.717, 1.165) is 38.2 Å². The number of rotatable bonds is 6. The lowest BCUT2D eigenvalue weighted by molar-refractivity contribution is -0.138. The molecule has 138 valence electrons. The fourth-order valence-corrected chi connectivity index (χ4v) is 3.45. The molecule has 1 fully saturated rings. The van der Waals surface area contributed by atoms with Crippen molar-refractivity contribution in [1.29, 1.82) is 0 Å². The van der Waals surface area contributed by atoms with Crippen molar-refractivity contribution >= 4 is 11.9 Å². The molecule has 5 heteroatoms. The van der Waals surface area contributed by atoms with Crippen LogP contribution >= 0.6 is 0 Å². The van der Waals surface area contributed by atoms with Crippen molar-refractivity contribution in [1.82, 2.24) is 15.5 Å². The molecule has 1 aromatic carbocycles. The molecule has 0 saturated heterocycles. The van der Waals surface area contributed by atoms with Gasteiger partial charge in [-0.25, -0.2) is 4.99 Å². The van der Waals surface area contributed by atoms with Gasteiger partial charge < -0.3 is 15.5 Å². The van der Waals surface area contributed by atoms with Crippen LogP contribution in [0.15, 0.2) is 29.3 Å². The fourth-order valence-electron chi connectivity index (χ4n) is 3.45. The van der Waals surface area contributed by atoms with Gasteiger partial charge in [0.25, 0.3) is 0 Å². The predicted octanol–water partition coefficient (Wildman–Crippen LogP) is 2.70. The lowest BCUT2D eigenvalue weighted by Crippen LogP contribution is -2.49. The Hall–Kier alpha value is -2.04. The summed E-state index contributed by atoms with van der Waals surface area (Å²) in [7, 11) is 3.69. The first-order valence-corrected chi connectivity index (χ1v) is 9.26. The lowest BCUT2D eigenvalue weighted by Gasteiger charge is -2.31. The van der Waals surface area contributed by atoms with E-state index in [1.807, 2.05) is 14.1 Å². The molecule has 1 aliphatic carbocycles. The Morgan fingerprint density at radius 1 is 1.16 bits per heavy atom. The maximum absolute atomic E-state index is 12.7. The average molecular weight is 345 g/mol. The van der Waals surface area contributed by atoms with E-state index in [0.29, 0.717) is 13.1 Å². The molecule has 1 saturated carbocycles. The normalized spacial score (nSPS) is 16.6. The fraction of sp³-hybridized carbons (Fsp3) is 0.600. The summed E-state index contributed by atoms with van der Waals surface area (Å²) in [5.41, 5.74) is 2.15. The molecular formula is C20H32N4O. The maximum atomic E-state index is 12.7. The summed E-state index contributed by atoms with van der Waals surface area (Å²) in [6.45, 7) is 6.21. The van der Waals surface area contributed by atoms with Crippen LogP contribution in [0, 0.1) is 12.3 Å². The number of guanidine groups is 1. The van der Waals surface area contributed by atoms with Crippen LogP contribution in [0.2, 0.25) is 0 Å². The molecule has 1 aromatic rings. The van der Waals surface area contributed by atoms with E-state index in [1.165, 1.54) is 11.1 Å². The van der Waals surface area contributed by atoms with Gasteiger partial charge in [0.05, 0.1) is 12.0 Å². The van der Waals surface area contributed by atoms with Crippen LogP contribution < -0.4 is 10.6 Å². The first-order chi connectivity index (χ1) is 12.0. The number of benzene rings is 1. The molecule has 2 rings (SSSR count). The van der Waals surface area contributed by atoms with E-state index >= 15 is 0 Å². The number of aryl methyl sites for hydroxylation is 1. The van der Waals surface area contributed by atoms with E-state index < -0.39 is 0 Å². The van der Waals surface area contributed by atoms with Crippen LogP contribution in [0.5, 0.6) is 0 Å². The summed E-state index contributed by atoms with van der Waals surface area (Å²) in [4.78, 5) is 19.1. The second kappa shape index (κ2) is 8.88. The number of aliphatic imine (C=N–C) groups is 1. The van der Waals surface area contributed by atoms with Crippen LogP contribution in [-0.2, 0) is 11.3 Å². The minimum absolute atomic E-state index is 0.229. The highest BCUT2D eigenvalue weighted by Gasteiger charge is 2.42. The number of amides is 1. The van der Waals surface area contributed by atoms with Gasteiger partial charge in [-0.3, -0.25) is 4.79 Å². The summed E-state index contributed by atoms with van der Waals surface area (Å²) in [6.07, 6.45) is 4.15. The quantitative estimate of drug-likeness (QED) is 0.616. The molecule has 1 amide bonds. The molecule has 0 aliphatic heterocycles. The zero-order chi connectivity index (χ0) is 18.3. The van der Waals surface area contributed by atoms with Crippen LogP contribution in [0.4, 0.5) is 0 Å². The van der Waals surface area contributed by atoms with Crippen LogP contribution in [0.25, 0.3) is 0 Å². The highest BCUT2D eigenvalue weighted by molar-refractivity contribution is 5.85. The van der Waals surface area contributed by atoms with Crippen molar-refractivity contribution < 1.29 is 4.79 Å². The molecule has 0 spiro atoms. The number of nitrogens with zero attached hydrogens (tertiary/aromatic N) is 2. The van der Waals surface area contributed by atoms with Crippen molar-refractivity contribution in [2.45, 2.75) is 46.1 Å². The second-order valence-corrected chi connectivity index (χ2v) is 7.22. The molecule has 1 aliphatic rings. The van der Waals surface area contributed by atoms with E-state index in [2.05, 4.69) is 53.7 Å². The van der Waals surface area contributed by atoms with Crippen molar-refractivity contribution in [3.05, 3.63) is 35.4 Å². The van der Waals surface area contributed by atoms with E-state index in [-0.39, 0.29) is 11.3 Å². The average Bonchev–Trinajstić information content (AvgIpc) is 3.08. The standard InChI is InChI=1S/C20H32N4O/c1-5-21-19(22-14-17-10-8-16(2)9-11-17)23-15-20(12-6-7-13-20)18(25)24(3)4/h8-11H,5-7,12-15H2,1-4H3,(H2,21,22,23). The number of carbonyl (C=O) groups is 1. The Balaban J connectivity index is 2.03.